The smallest absolute Gasteiger partial charge is 0.227 e. The molecule has 0 bridgehead atoms. The van der Waals surface area contributed by atoms with Gasteiger partial charge < -0.3 is 19.5 Å². The van der Waals surface area contributed by atoms with Crippen LogP contribution in [0.4, 0.5) is 5.82 Å². The normalized spacial score (nSPS) is 14.2. The molecule has 146 valence electrons. The third kappa shape index (κ3) is 4.55. The van der Waals surface area contributed by atoms with Crippen LogP contribution in [0.2, 0.25) is 0 Å². The highest BCUT2D eigenvalue weighted by Crippen LogP contribution is 2.21. The van der Waals surface area contributed by atoms with E-state index in [0.29, 0.717) is 44.3 Å². The second kappa shape index (κ2) is 8.94. The van der Waals surface area contributed by atoms with E-state index >= 15 is 0 Å². The first-order valence-corrected chi connectivity index (χ1v) is 10.1. The monoisotopic (exact) mass is 399 g/mol. The fraction of sp³-hybridized carbons (Fsp3) is 0.368. The number of nitrogens with zero attached hydrogens (tertiary/aromatic N) is 4. The minimum Gasteiger partial charge on any atom is -0.378 e. The van der Waals surface area contributed by atoms with Crippen LogP contribution >= 0.6 is 11.3 Å². The first kappa shape index (κ1) is 18.6. The molecule has 4 rings (SSSR count). The molecule has 1 aliphatic heterocycles. The fourth-order valence-corrected chi connectivity index (χ4v) is 3.64. The zero-order chi connectivity index (χ0) is 19.2. The molecule has 4 heterocycles. The minimum absolute atomic E-state index is 0.0624. The zero-order valence-electron chi connectivity index (χ0n) is 15.3. The van der Waals surface area contributed by atoms with E-state index in [2.05, 4.69) is 25.3 Å². The van der Waals surface area contributed by atoms with Crippen LogP contribution in [0.1, 0.15) is 17.9 Å². The number of thiophene rings is 1. The quantitative estimate of drug-likeness (QED) is 0.651. The highest BCUT2D eigenvalue weighted by atomic mass is 32.1. The average Bonchev–Trinajstić information content (AvgIpc) is 3.43. The summed E-state index contributed by atoms with van der Waals surface area (Å²) in [7, 11) is 0. The number of aryl methyl sites for hydroxylation is 1. The number of nitrogens with one attached hydrogen (secondary N) is 1. The van der Waals surface area contributed by atoms with Crippen molar-refractivity contribution >= 4 is 23.1 Å². The maximum atomic E-state index is 12.3. The summed E-state index contributed by atoms with van der Waals surface area (Å²) in [4.78, 5) is 24.2. The molecule has 0 unspecified atom stereocenters. The summed E-state index contributed by atoms with van der Waals surface area (Å²) in [5.74, 6) is 1.88. The number of pyridine rings is 1. The van der Waals surface area contributed by atoms with Gasteiger partial charge in [0.25, 0.3) is 0 Å². The molecule has 0 aliphatic carbocycles. The lowest BCUT2D eigenvalue weighted by atomic mass is 10.2. The number of carbonyl (C=O) groups excluding carboxylic acids is 1. The fourth-order valence-electron chi connectivity index (χ4n) is 2.99. The van der Waals surface area contributed by atoms with Gasteiger partial charge in [-0.3, -0.25) is 4.79 Å². The first-order chi connectivity index (χ1) is 13.8. The van der Waals surface area contributed by atoms with Crippen LogP contribution in [0.15, 0.2) is 40.4 Å². The highest BCUT2D eigenvalue weighted by molar-refractivity contribution is 7.13. The maximum absolute atomic E-state index is 12.3. The molecule has 1 amide bonds. The highest BCUT2D eigenvalue weighted by Gasteiger charge is 2.16. The molecule has 9 heteroatoms. The number of amides is 1. The average molecular weight is 399 g/mol. The molecule has 1 saturated heterocycles. The topological polar surface area (TPSA) is 93.4 Å². The summed E-state index contributed by atoms with van der Waals surface area (Å²) in [6, 6.07) is 7.75. The molecule has 28 heavy (non-hydrogen) atoms. The summed E-state index contributed by atoms with van der Waals surface area (Å²) >= 11 is 1.55. The molecule has 0 aromatic carbocycles. The lowest BCUT2D eigenvalue weighted by Crippen LogP contribution is -2.37. The van der Waals surface area contributed by atoms with E-state index < -0.39 is 0 Å². The second-order valence-corrected chi connectivity index (χ2v) is 7.30. The van der Waals surface area contributed by atoms with Gasteiger partial charge in [0, 0.05) is 44.2 Å². The number of carbonyl (C=O) groups is 1. The van der Waals surface area contributed by atoms with Crippen molar-refractivity contribution in [1.82, 2.24) is 20.4 Å². The van der Waals surface area contributed by atoms with E-state index in [9.17, 15) is 4.79 Å². The van der Waals surface area contributed by atoms with Crippen LogP contribution in [-0.4, -0.2) is 47.3 Å². The van der Waals surface area contributed by atoms with E-state index in [1.807, 2.05) is 29.6 Å². The van der Waals surface area contributed by atoms with Crippen LogP contribution in [0, 0.1) is 0 Å². The Bertz CT molecular complexity index is 906. The predicted molar refractivity (Wildman–Crippen MR) is 105 cm³/mol. The van der Waals surface area contributed by atoms with Crippen molar-refractivity contribution in [1.29, 1.82) is 0 Å². The van der Waals surface area contributed by atoms with E-state index in [0.717, 1.165) is 29.3 Å². The van der Waals surface area contributed by atoms with Gasteiger partial charge in [-0.25, -0.2) is 4.98 Å². The maximum Gasteiger partial charge on any atom is 0.227 e. The Balaban J connectivity index is 1.29. The zero-order valence-corrected chi connectivity index (χ0v) is 16.2. The van der Waals surface area contributed by atoms with Crippen molar-refractivity contribution in [2.75, 3.05) is 31.2 Å². The Kier molecular flexibility index (Phi) is 5.93. The molecule has 0 atom stereocenters. The molecule has 0 spiro atoms. The molecule has 1 fully saturated rings. The van der Waals surface area contributed by atoms with Gasteiger partial charge >= 0.3 is 0 Å². The summed E-state index contributed by atoms with van der Waals surface area (Å²) in [5, 5.41) is 8.88. The number of hydrogen-bond acceptors (Lipinski definition) is 8. The van der Waals surface area contributed by atoms with Crippen molar-refractivity contribution in [3.63, 3.8) is 0 Å². The molecular formula is C19H21N5O3S. The van der Waals surface area contributed by atoms with Gasteiger partial charge in [-0.05, 0) is 17.5 Å². The van der Waals surface area contributed by atoms with Gasteiger partial charge in [0.2, 0.25) is 17.6 Å². The van der Waals surface area contributed by atoms with Gasteiger partial charge in [-0.1, -0.05) is 17.3 Å². The van der Waals surface area contributed by atoms with Gasteiger partial charge in [-0.2, -0.15) is 4.98 Å². The SMILES string of the molecule is O=C(CCc1nc(-c2cccs2)no1)NCc1cccnc1N1CCOCC1. The van der Waals surface area contributed by atoms with Crippen molar-refractivity contribution in [3.8, 4) is 10.7 Å². The summed E-state index contributed by atoms with van der Waals surface area (Å²) in [6.07, 6.45) is 2.48. The predicted octanol–water partition coefficient (Wildman–Crippen LogP) is 2.28. The molecule has 1 aliphatic rings. The van der Waals surface area contributed by atoms with Gasteiger partial charge in [0.15, 0.2) is 0 Å². The molecule has 0 radical (unpaired) electrons. The molecule has 8 nitrogen and oxygen atoms in total. The minimum atomic E-state index is -0.0624. The van der Waals surface area contributed by atoms with E-state index in [1.165, 1.54) is 0 Å². The Labute approximate surface area is 166 Å². The van der Waals surface area contributed by atoms with Crippen molar-refractivity contribution in [2.24, 2.45) is 0 Å². The van der Waals surface area contributed by atoms with Crippen LogP contribution in [0.25, 0.3) is 10.7 Å². The van der Waals surface area contributed by atoms with Crippen molar-refractivity contribution < 1.29 is 14.1 Å². The molecular weight excluding hydrogens is 378 g/mol. The van der Waals surface area contributed by atoms with Crippen LogP contribution in [-0.2, 0) is 22.5 Å². The molecule has 1 N–H and O–H groups in total. The molecule has 3 aromatic heterocycles. The molecule has 3 aromatic rings. The van der Waals surface area contributed by atoms with E-state index in [1.54, 1.807) is 17.5 Å². The molecule has 0 saturated carbocycles. The number of ether oxygens (including phenoxy) is 1. The lowest BCUT2D eigenvalue weighted by Gasteiger charge is -2.29. The number of anilines is 1. The summed E-state index contributed by atoms with van der Waals surface area (Å²) in [6.45, 7) is 3.44. The van der Waals surface area contributed by atoms with Gasteiger partial charge in [0.05, 0.1) is 18.1 Å². The largest absolute Gasteiger partial charge is 0.378 e. The van der Waals surface area contributed by atoms with Crippen molar-refractivity contribution in [3.05, 3.63) is 47.3 Å². The summed E-state index contributed by atoms with van der Waals surface area (Å²) in [5.41, 5.74) is 0.996. The third-order valence-corrected chi connectivity index (χ3v) is 5.30. The first-order valence-electron chi connectivity index (χ1n) is 9.19. The third-order valence-electron chi connectivity index (χ3n) is 4.43. The standard InChI is InChI=1S/C19H21N5O3S/c25-16(5-6-17-22-18(23-27-17)15-4-2-12-28-15)21-13-14-3-1-7-20-19(14)24-8-10-26-11-9-24/h1-4,7,12H,5-6,8-11,13H2,(H,21,25). The van der Waals surface area contributed by atoms with Crippen molar-refractivity contribution in [2.45, 2.75) is 19.4 Å². The van der Waals surface area contributed by atoms with E-state index in [-0.39, 0.29) is 5.91 Å². The van der Waals surface area contributed by atoms with Crippen LogP contribution in [0.5, 0.6) is 0 Å². The van der Waals surface area contributed by atoms with Crippen LogP contribution < -0.4 is 10.2 Å². The number of rotatable bonds is 7. The number of morpholine rings is 1. The van der Waals surface area contributed by atoms with Crippen LogP contribution in [0.3, 0.4) is 0 Å². The number of hydrogen-bond donors (Lipinski definition) is 1. The summed E-state index contributed by atoms with van der Waals surface area (Å²) < 4.78 is 10.6. The Morgan fingerprint density at radius 2 is 2.14 bits per heavy atom. The number of aromatic nitrogens is 3. The lowest BCUT2D eigenvalue weighted by molar-refractivity contribution is -0.121. The Hall–Kier alpha value is -2.78. The second-order valence-electron chi connectivity index (χ2n) is 6.35. The van der Waals surface area contributed by atoms with E-state index in [4.69, 9.17) is 9.26 Å². The Morgan fingerprint density at radius 3 is 2.96 bits per heavy atom. The van der Waals surface area contributed by atoms with Gasteiger partial charge in [-0.15, -0.1) is 11.3 Å². The van der Waals surface area contributed by atoms with Gasteiger partial charge in [0.1, 0.15) is 5.82 Å². The Morgan fingerprint density at radius 1 is 1.25 bits per heavy atom.